The summed E-state index contributed by atoms with van der Waals surface area (Å²) in [5, 5.41) is 3.30. The summed E-state index contributed by atoms with van der Waals surface area (Å²) in [6.45, 7) is 3.71. The second kappa shape index (κ2) is 9.90. The number of carbonyl (C=O) groups excluding carboxylic acids is 2. The smallest absolute Gasteiger partial charge is 0.243 e. The Kier molecular flexibility index (Phi) is 6.89. The average Bonchev–Trinajstić information content (AvgIpc) is 3.26. The van der Waals surface area contributed by atoms with Crippen molar-refractivity contribution in [3.63, 3.8) is 0 Å². The van der Waals surface area contributed by atoms with Crippen molar-refractivity contribution in [3.05, 3.63) is 29.8 Å². The standard InChI is InChI=1S/C26H38FN5O2/c1-30(16-19-5-3-2-4-6-19)21-13-23-25(34)29-26(14-24(33)32(23)18-21)8-11-31(12-9-26)17-20-7-10-28-15-22(20)27/h7,10,15,19,21,23H,2-6,8-9,11-14,16-18H2,1H3,(H,29,34)/t21-,23-/m0/s1. The number of nitrogens with one attached hydrogen (secondary N) is 1. The molecule has 7 nitrogen and oxygen atoms in total. The molecule has 1 aromatic heterocycles. The second-order valence-corrected chi connectivity index (χ2v) is 11.1. The molecule has 5 rings (SSSR count). The molecule has 0 unspecified atom stereocenters. The van der Waals surface area contributed by atoms with Gasteiger partial charge in [-0.25, -0.2) is 4.39 Å². The molecule has 4 fully saturated rings. The minimum absolute atomic E-state index is 0.00745. The molecular weight excluding hydrogens is 433 g/mol. The minimum Gasteiger partial charge on any atom is -0.348 e. The van der Waals surface area contributed by atoms with Crippen molar-refractivity contribution in [2.45, 2.75) is 82.0 Å². The normalized spacial score (nSPS) is 28.3. The molecule has 4 aliphatic rings. The van der Waals surface area contributed by atoms with Gasteiger partial charge in [-0.2, -0.15) is 0 Å². The molecule has 1 aliphatic carbocycles. The lowest BCUT2D eigenvalue weighted by Crippen LogP contribution is -2.56. The number of rotatable bonds is 5. The predicted molar refractivity (Wildman–Crippen MR) is 127 cm³/mol. The van der Waals surface area contributed by atoms with Crippen molar-refractivity contribution in [3.8, 4) is 0 Å². The van der Waals surface area contributed by atoms with E-state index in [0.717, 1.165) is 32.0 Å². The lowest BCUT2D eigenvalue weighted by atomic mass is 9.84. The number of piperidine rings is 1. The van der Waals surface area contributed by atoms with E-state index in [4.69, 9.17) is 0 Å². The van der Waals surface area contributed by atoms with Crippen LogP contribution in [-0.2, 0) is 16.1 Å². The third kappa shape index (κ3) is 4.98. The first-order valence-electron chi connectivity index (χ1n) is 13.0. The van der Waals surface area contributed by atoms with Gasteiger partial charge in [-0.1, -0.05) is 19.3 Å². The zero-order valence-electron chi connectivity index (χ0n) is 20.3. The Morgan fingerprint density at radius 2 is 1.97 bits per heavy atom. The van der Waals surface area contributed by atoms with E-state index in [0.29, 0.717) is 37.9 Å². The summed E-state index contributed by atoms with van der Waals surface area (Å²) in [7, 11) is 2.16. The van der Waals surface area contributed by atoms with Gasteiger partial charge in [-0.15, -0.1) is 0 Å². The molecule has 34 heavy (non-hydrogen) atoms. The first-order valence-corrected chi connectivity index (χ1v) is 13.0. The van der Waals surface area contributed by atoms with E-state index in [9.17, 15) is 14.0 Å². The van der Waals surface area contributed by atoms with Crippen LogP contribution in [0.3, 0.4) is 0 Å². The SMILES string of the molecule is CN(CC1CCCCC1)[C@H]1C[C@H]2C(=O)NC3(CCN(Cc4ccncc4F)CC3)CC(=O)N2C1. The van der Waals surface area contributed by atoms with E-state index in [1.165, 1.54) is 38.3 Å². The molecule has 0 radical (unpaired) electrons. The number of halogens is 1. The van der Waals surface area contributed by atoms with Gasteiger partial charge in [-0.05, 0) is 51.1 Å². The summed E-state index contributed by atoms with van der Waals surface area (Å²) in [4.78, 5) is 36.9. The van der Waals surface area contributed by atoms with Crippen molar-refractivity contribution in [1.29, 1.82) is 0 Å². The van der Waals surface area contributed by atoms with Gasteiger partial charge < -0.3 is 15.1 Å². The van der Waals surface area contributed by atoms with Gasteiger partial charge in [-0.3, -0.25) is 19.5 Å². The number of carbonyl (C=O) groups is 2. The average molecular weight is 472 g/mol. The Bertz CT molecular complexity index is 869. The molecular formula is C26H38FN5O2. The van der Waals surface area contributed by atoms with Crippen LogP contribution < -0.4 is 5.32 Å². The largest absolute Gasteiger partial charge is 0.348 e. The third-order valence-corrected chi connectivity index (χ3v) is 8.74. The van der Waals surface area contributed by atoms with E-state index < -0.39 is 5.54 Å². The van der Waals surface area contributed by atoms with Crippen LogP contribution in [-0.4, -0.2) is 82.3 Å². The van der Waals surface area contributed by atoms with Gasteiger partial charge in [0.1, 0.15) is 11.9 Å². The van der Waals surface area contributed by atoms with Crippen molar-refractivity contribution in [1.82, 2.24) is 25.0 Å². The van der Waals surface area contributed by atoms with Crippen molar-refractivity contribution < 1.29 is 14.0 Å². The highest BCUT2D eigenvalue weighted by molar-refractivity contribution is 5.92. The van der Waals surface area contributed by atoms with E-state index in [2.05, 4.69) is 27.1 Å². The van der Waals surface area contributed by atoms with Gasteiger partial charge in [0.15, 0.2) is 0 Å². The van der Waals surface area contributed by atoms with Gasteiger partial charge in [0.2, 0.25) is 11.8 Å². The lowest BCUT2D eigenvalue weighted by Gasteiger charge is -2.41. The van der Waals surface area contributed by atoms with E-state index in [-0.39, 0.29) is 29.7 Å². The molecule has 1 spiro atoms. The fourth-order valence-electron chi connectivity index (χ4n) is 6.58. The molecule has 1 N–H and O–H groups in total. The number of aromatic nitrogens is 1. The summed E-state index contributed by atoms with van der Waals surface area (Å²) in [6.07, 6.45) is 12.0. The van der Waals surface area contributed by atoms with Crippen LogP contribution in [0.15, 0.2) is 18.5 Å². The van der Waals surface area contributed by atoms with Crippen LogP contribution in [0.4, 0.5) is 4.39 Å². The maximum Gasteiger partial charge on any atom is 0.243 e. The van der Waals surface area contributed by atoms with Gasteiger partial charge in [0, 0.05) is 50.5 Å². The molecule has 186 valence electrons. The molecule has 2 atom stereocenters. The summed E-state index contributed by atoms with van der Waals surface area (Å²) in [5.41, 5.74) is 0.158. The van der Waals surface area contributed by atoms with Crippen LogP contribution >= 0.6 is 0 Å². The number of likely N-dealkylation sites (N-methyl/N-ethyl adjacent to an activating group) is 1. The molecule has 3 aliphatic heterocycles. The first-order chi connectivity index (χ1) is 16.4. The molecule has 8 heteroatoms. The summed E-state index contributed by atoms with van der Waals surface area (Å²) in [6, 6.07) is 1.62. The third-order valence-electron chi connectivity index (χ3n) is 8.74. The molecule has 4 heterocycles. The number of fused-ring (bicyclic) bond motifs is 1. The zero-order valence-corrected chi connectivity index (χ0v) is 20.3. The maximum atomic E-state index is 14.0. The minimum atomic E-state index is -0.477. The van der Waals surface area contributed by atoms with Crippen molar-refractivity contribution in [2.24, 2.45) is 5.92 Å². The Morgan fingerprint density at radius 3 is 2.71 bits per heavy atom. The first kappa shape index (κ1) is 23.7. The maximum absolute atomic E-state index is 14.0. The highest BCUT2D eigenvalue weighted by atomic mass is 19.1. The number of hydrogen-bond donors (Lipinski definition) is 1. The van der Waals surface area contributed by atoms with E-state index in [1.54, 1.807) is 12.3 Å². The predicted octanol–water partition coefficient (Wildman–Crippen LogP) is 2.56. The molecule has 2 amide bonds. The van der Waals surface area contributed by atoms with Gasteiger partial charge in [0.25, 0.3) is 0 Å². The second-order valence-electron chi connectivity index (χ2n) is 11.1. The molecule has 0 bridgehead atoms. The van der Waals surface area contributed by atoms with Gasteiger partial charge in [0.05, 0.1) is 18.2 Å². The highest BCUT2D eigenvalue weighted by Crippen LogP contribution is 2.34. The Hall–Kier alpha value is -2.06. The summed E-state index contributed by atoms with van der Waals surface area (Å²) >= 11 is 0. The van der Waals surface area contributed by atoms with Crippen molar-refractivity contribution in [2.75, 3.05) is 33.2 Å². The molecule has 3 saturated heterocycles. The van der Waals surface area contributed by atoms with Crippen LogP contribution in [0.1, 0.15) is 63.4 Å². The Labute approximate surface area is 202 Å². The topological polar surface area (TPSA) is 68.8 Å². The Balaban J connectivity index is 1.18. The van der Waals surface area contributed by atoms with Crippen LogP contribution in [0.5, 0.6) is 0 Å². The fraction of sp³-hybridized carbons (Fsp3) is 0.731. The van der Waals surface area contributed by atoms with Crippen molar-refractivity contribution >= 4 is 11.8 Å². The molecule has 0 aromatic carbocycles. The fourth-order valence-corrected chi connectivity index (χ4v) is 6.58. The summed E-state index contributed by atoms with van der Waals surface area (Å²) < 4.78 is 14.0. The number of pyridine rings is 1. The monoisotopic (exact) mass is 471 g/mol. The number of amides is 2. The Morgan fingerprint density at radius 1 is 1.21 bits per heavy atom. The molecule has 1 saturated carbocycles. The number of likely N-dealkylation sites (tertiary alicyclic amines) is 1. The quantitative estimate of drug-likeness (QED) is 0.715. The zero-order chi connectivity index (χ0) is 23.7. The number of nitrogens with zero attached hydrogens (tertiary/aromatic N) is 4. The summed E-state index contributed by atoms with van der Waals surface area (Å²) in [5.74, 6) is 0.570. The number of hydrogen-bond acceptors (Lipinski definition) is 5. The van der Waals surface area contributed by atoms with E-state index >= 15 is 0 Å². The van der Waals surface area contributed by atoms with Crippen LogP contribution in [0.25, 0.3) is 0 Å². The van der Waals surface area contributed by atoms with Crippen LogP contribution in [0.2, 0.25) is 0 Å². The van der Waals surface area contributed by atoms with Crippen LogP contribution in [0, 0.1) is 11.7 Å². The lowest BCUT2D eigenvalue weighted by molar-refractivity contribution is -0.135. The highest BCUT2D eigenvalue weighted by Gasteiger charge is 2.49. The van der Waals surface area contributed by atoms with E-state index in [1.807, 2.05) is 4.90 Å². The molecule has 1 aromatic rings. The van der Waals surface area contributed by atoms with Gasteiger partial charge >= 0.3 is 0 Å².